The van der Waals surface area contributed by atoms with Gasteiger partial charge in [-0.25, -0.2) is 8.78 Å². The van der Waals surface area contributed by atoms with Crippen LogP contribution in [0.1, 0.15) is 16.5 Å². The van der Waals surface area contributed by atoms with E-state index in [1.807, 2.05) is 6.07 Å². The third-order valence-electron chi connectivity index (χ3n) is 3.15. The Morgan fingerprint density at radius 2 is 1.62 bits per heavy atom. The quantitative estimate of drug-likeness (QED) is 0.757. The Kier molecular flexibility index (Phi) is 5.02. The van der Waals surface area contributed by atoms with Gasteiger partial charge in [0.1, 0.15) is 23.1 Å². The van der Waals surface area contributed by atoms with Crippen molar-refractivity contribution in [1.29, 1.82) is 0 Å². The first-order valence-electron chi connectivity index (χ1n) is 6.35. The molecule has 0 fully saturated rings. The second-order valence-electron chi connectivity index (χ2n) is 4.53. The summed E-state index contributed by atoms with van der Waals surface area (Å²) in [5.74, 6) is -0.629. The standard InChI is InChI=1S/C16H15ClF2O2/c1-20-11-5-3-4-10(6-11)7-13(17)16-14(18)8-12(21-2)9-15(16)19/h3-6,8-9,13H,7H2,1-2H3. The number of methoxy groups -OCH3 is 2. The van der Waals surface area contributed by atoms with Crippen molar-refractivity contribution < 1.29 is 18.3 Å². The highest BCUT2D eigenvalue weighted by Crippen LogP contribution is 2.32. The number of alkyl halides is 1. The van der Waals surface area contributed by atoms with Gasteiger partial charge in [0, 0.05) is 17.7 Å². The van der Waals surface area contributed by atoms with Gasteiger partial charge in [0.25, 0.3) is 0 Å². The van der Waals surface area contributed by atoms with E-state index in [2.05, 4.69) is 0 Å². The van der Waals surface area contributed by atoms with Crippen LogP contribution in [-0.4, -0.2) is 14.2 Å². The smallest absolute Gasteiger partial charge is 0.134 e. The summed E-state index contributed by atoms with van der Waals surface area (Å²) in [6, 6.07) is 9.46. The Labute approximate surface area is 127 Å². The van der Waals surface area contributed by atoms with Gasteiger partial charge in [0.15, 0.2) is 0 Å². The molecule has 0 heterocycles. The fraction of sp³-hybridized carbons (Fsp3) is 0.250. The highest BCUT2D eigenvalue weighted by atomic mass is 35.5. The first-order chi connectivity index (χ1) is 10.0. The molecular weight excluding hydrogens is 298 g/mol. The monoisotopic (exact) mass is 312 g/mol. The Morgan fingerprint density at radius 3 is 2.19 bits per heavy atom. The first kappa shape index (κ1) is 15.6. The zero-order valence-electron chi connectivity index (χ0n) is 11.7. The lowest BCUT2D eigenvalue weighted by Crippen LogP contribution is -2.03. The average Bonchev–Trinajstić information content (AvgIpc) is 2.46. The van der Waals surface area contributed by atoms with E-state index < -0.39 is 17.0 Å². The van der Waals surface area contributed by atoms with Crippen molar-refractivity contribution in [2.45, 2.75) is 11.8 Å². The number of rotatable bonds is 5. The van der Waals surface area contributed by atoms with Crippen LogP contribution >= 0.6 is 11.6 Å². The van der Waals surface area contributed by atoms with Crippen LogP contribution in [-0.2, 0) is 6.42 Å². The molecule has 2 rings (SSSR count). The summed E-state index contributed by atoms with van der Waals surface area (Å²) >= 11 is 6.18. The molecule has 1 unspecified atom stereocenters. The number of ether oxygens (including phenoxy) is 2. The van der Waals surface area contributed by atoms with Gasteiger partial charge in [0.2, 0.25) is 0 Å². The van der Waals surface area contributed by atoms with Gasteiger partial charge >= 0.3 is 0 Å². The minimum absolute atomic E-state index is 0.124. The number of halogens is 3. The Bertz CT molecular complexity index is 608. The molecule has 1 atom stereocenters. The number of hydrogen-bond donors (Lipinski definition) is 0. The second-order valence-corrected chi connectivity index (χ2v) is 5.05. The van der Waals surface area contributed by atoms with Crippen LogP contribution in [0.2, 0.25) is 0 Å². The first-order valence-corrected chi connectivity index (χ1v) is 6.78. The Morgan fingerprint density at radius 1 is 1.00 bits per heavy atom. The molecule has 0 N–H and O–H groups in total. The number of benzene rings is 2. The van der Waals surface area contributed by atoms with E-state index >= 15 is 0 Å². The molecular formula is C16H15ClF2O2. The maximum Gasteiger partial charge on any atom is 0.134 e. The third-order valence-corrected chi connectivity index (χ3v) is 3.52. The van der Waals surface area contributed by atoms with E-state index in [9.17, 15) is 8.78 Å². The van der Waals surface area contributed by atoms with Crippen LogP contribution in [0.25, 0.3) is 0 Å². The Balaban J connectivity index is 2.25. The Hall–Kier alpha value is -1.81. The summed E-state index contributed by atoms with van der Waals surface area (Å²) in [6.07, 6.45) is 0.291. The molecule has 21 heavy (non-hydrogen) atoms. The molecule has 0 bridgehead atoms. The molecule has 0 amide bonds. The summed E-state index contributed by atoms with van der Waals surface area (Å²) in [7, 11) is 2.91. The lowest BCUT2D eigenvalue weighted by atomic mass is 10.0. The van der Waals surface area contributed by atoms with E-state index in [-0.39, 0.29) is 11.3 Å². The van der Waals surface area contributed by atoms with E-state index in [1.165, 1.54) is 7.11 Å². The molecule has 0 saturated carbocycles. The van der Waals surface area contributed by atoms with E-state index in [0.717, 1.165) is 17.7 Å². The van der Waals surface area contributed by atoms with E-state index in [4.69, 9.17) is 21.1 Å². The topological polar surface area (TPSA) is 18.5 Å². The molecule has 0 aromatic heterocycles. The number of hydrogen-bond acceptors (Lipinski definition) is 2. The highest BCUT2D eigenvalue weighted by molar-refractivity contribution is 6.21. The van der Waals surface area contributed by atoms with Crippen molar-refractivity contribution >= 4 is 11.6 Å². The third kappa shape index (κ3) is 3.64. The molecule has 0 aliphatic heterocycles. The normalized spacial score (nSPS) is 12.0. The summed E-state index contributed by atoms with van der Waals surface area (Å²) < 4.78 is 37.9. The van der Waals surface area contributed by atoms with Crippen LogP contribution in [0.4, 0.5) is 8.78 Å². The van der Waals surface area contributed by atoms with Crippen LogP contribution in [0, 0.1) is 11.6 Å². The SMILES string of the molecule is COc1cccc(CC(Cl)c2c(F)cc(OC)cc2F)c1. The van der Waals surface area contributed by atoms with Gasteiger partial charge in [-0.15, -0.1) is 11.6 Å². The van der Waals surface area contributed by atoms with Crippen LogP contribution in [0.15, 0.2) is 36.4 Å². The molecule has 0 aliphatic rings. The molecule has 2 aromatic rings. The van der Waals surface area contributed by atoms with E-state index in [0.29, 0.717) is 12.2 Å². The van der Waals surface area contributed by atoms with Crippen LogP contribution in [0.3, 0.4) is 0 Å². The van der Waals surface area contributed by atoms with Gasteiger partial charge in [-0.1, -0.05) is 12.1 Å². The van der Waals surface area contributed by atoms with Gasteiger partial charge < -0.3 is 9.47 Å². The predicted octanol–water partition coefficient (Wildman–Crippen LogP) is 4.50. The molecule has 0 saturated heterocycles. The van der Waals surface area contributed by atoms with Gasteiger partial charge in [0.05, 0.1) is 19.6 Å². The average molecular weight is 313 g/mol. The van der Waals surface area contributed by atoms with Crippen molar-refractivity contribution in [2.75, 3.05) is 14.2 Å². The molecule has 0 aliphatic carbocycles. The fourth-order valence-electron chi connectivity index (χ4n) is 2.09. The summed E-state index contributed by atoms with van der Waals surface area (Å²) in [4.78, 5) is 0. The van der Waals surface area contributed by atoms with Crippen molar-refractivity contribution in [3.63, 3.8) is 0 Å². The summed E-state index contributed by atoms with van der Waals surface area (Å²) in [5.41, 5.74) is 0.684. The van der Waals surface area contributed by atoms with Crippen molar-refractivity contribution in [2.24, 2.45) is 0 Å². The minimum Gasteiger partial charge on any atom is -0.497 e. The maximum atomic E-state index is 14.0. The lowest BCUT2D eigenvalue weighted by molar-refractivity contribution is 0.405. The van der Waals surface area contributed by atoms with Crippen LogP contribution < -0.4 is 9.47 Å². The van der Waals surface area contributed by atoms with Crippen molar-refractivity contribution in [3.8, 4) is 11.5 Å². The van der Waals surface area contributed by atoms with Crippen LogP contribution in [0.5, 0.6) is 11.5 Å². The molecule has 2 aromatic carbocycles. The molecule has 2 nitrogen and oxygen atoms in total. The summed E-state index contributed by atoms with van der Waals surface area (Å²) in [6.45, 7) is 0. The molecule has 0 spiro atoms. The van der Waals surface area contributed by atoms with Crippen molar-refractivity contribution in [3.05, 3.63) is 59.2 Å². The van der Waals surface area contributed by atoms with Gasteiger partial charge in [-0.05, 0) is 24.1 Å². The van der Waals surface area contributed by atoms with E-state index in [1.54, 1.807) is 25.3 Å². The lowest BCUT2D eigenvalue weighted by Gasteiger charge is -2.14. The van der Waals surface area contributed by atoms with Crippen molar-refractivity contribution in [1.82, 2.24) is 0 Å². The molecule has 112 valence electrons. The minimum atomic E-state index is -0.817. The predicted molar refractivity (Wildman–Crippen MR) is 78.2 cm³/mol. The zero-order valence-corrected chi connectivity index (χ0v) is 12.5. The zero-order chi connectivity index (χ0) is 15.4. The molecule has 0 radical (unpaired) electrons. The highest BCUT2D eigenvalue weighted by Gasteiger charge is 2.20. The van der Waals surface area contributed by atoms with Gasteiger partial charge in [-0.2, -0.15) is 0 Å². The largest absolute Gasteiger partial charge is 0.497 e. The second kappa shape index (κ2) is 6.76. The fourth-order valence-corrected chi connectivity index (χ4v) is 2.47. The summed E-state index contributed by atoms with van der Waals surface area (Å²) in [5, 5.41) is -0.817. The van der Waals surface area contributed by atoms with Gasteiger partial charge in [-0.3, -0.25) is 0 Å². The maximum absolute atomic E-state index is 14.0. The molecule has 5 heteroatoms.